The van der Waals surface area contributed by atoms with Crippen molar-refractivity contribution in [2.75, 3.05) is 36.9 Å². The van der Waals surface area contributed by atoms with Crippen molar-refractivity contribution in [1.82, 2.24) is 0 Å². The molecule has 0 amide bonds. The largest absolute Gasteiger partial charge is 0.497 e. The van der Waals surface area contributed by atoms with Crippen molar-refractivity contribution in [2.24, 2.45) is 0 Å². The molecule has 9 heteroatoms. The summed E-state index contributed by atoms with van der Waals surface area (Å²) in [5.74, 6) is -0.641. The SMILES string of the molecule is CCN(CC)c1ccc(NS(=O)(=O)c2cc(OC)ccc2OC)cc1C(=O)O. The van der Waals surface area contributed by atoms with Gasteiger partial charge in [0.05, 0.1) is 25.5 Å². The van der Waals surface area contributed by atoms with Crippen LogP contribution in [-0.2, 0) is 10.0 Å². The monoisotopic (exact) mass is 408 g/mol. The molecular weight excluding hydrogens is 384 g/mol. The van der Waals surface area contributed by atoms with E-state index in [0.29, 0.717) is 24.5 Å². The minimum atomic E-state index is -4.04. The van der Waals surface area contributed by atoms with Crippen LogP contribution in [0.4, 0.5) is 11.4 Å². The average molecular weight is 408 g/mol. The van der Waals surface area contributed by atoms with Crippen LogP contribution in [0.15, 0.2) is 41.3 Å². The van der Waals surface area contributed by atoms with Crippen LogP contribution in [0.3, 0.4) is 0 Å². The normalized spacial score (nSPS) is 11.0. The summed E-state index contributed by atoms with van der Waals surface area (Å²) in [6.07, 6.45) is 0. The van der Waals surface area contributed by atoms with Crippen molar-refractivity contribution in [3.63, 3.8) is 0 Å². The molecule has 0 atom stereocenters. The molecule has 2 N–H and O–H groups in total. The Kier molecular flexibility index (Phi) is 6.74. The van der Waals surface area contributed by atoms with Crippen LogP contribution < -0.4 is 19.1 Å². The first-order valence-corrected chi connectivity index (χ1v) is 10.1. The lowest BCUT2D eigenvalue weighted by Gasteiger charge is -2.23. The lowest BCUT2D eigenvalue weighted by Crippen LogP contribution is -2.24. The van der Waals surface area contributed by atoms with Crippen LogP contribution in [0.5, 0.6) is 11.5 Å². The molecule has 2 aromatic rings. The Labute approximate surface area is 164 Å². The van der Waals surface area contributed by atoms with Gasteiger partial charge in [0.15, 0.2) is 0 Å². The molecule has 0 aliphatic carbocycles. The van der Waals surface area contributed by atoms with E-state index >= 15 is 0 Å². The Morgan fingerprint density at radius 2 is 1.75 bits per heavy atom. The number of methoxy groups -OCH3 is 2. The molecule has 2 aromatic carbocycles. The van der Waals surface area contributed by atoms with Gasteiger partial charge in [-0.15, -0.1) is 0 Å². The molecule has 8 nitrogen and oxygen atoms in total. The summed E-state index contributed by atoms with van der Waals surface area (Å²) in [6, 6.07) is 8.84. The van der Waals surface area contributed by atoms with Crippen molar-refractivity contribution < 1.29 is 27.8 Å². The Hall–Kier alpha value is -2.94. The van der Waals surface area contributed by atoms with Crippen LogP contribution in [0.1, 0.15) is 24.2 Å². The van der Waals surface area contributed by atoms with Gasteiger partial charge in [-0.1, -0.05) is 0 Å². The number of hydrogen-bond donors (Lipinski definition) is 2. The highest BCUT2D eigenvalue weighted by Crippen LogP contribution is 2.31. The molecule has 0 saturated carbocycles. The summed E-state index contributed by atoms with van der Waals surface area (Å²) in [6.45, 7) is 5.09. The van der Waals surface area contributed by atoms with Gasteiger partial charge in [-0.25, -0.2) is 13.2 Å². The number of carboxylic acids is 1. The second kappa shape index (κ2) is 8.83. The van der Waals surface area contributed by atoms with Gasteiger partial charge in [-0.05, 0) is 44.2 Å². The molecule has 0 bridgehead atoms. The number of nitrogens with one attached hydrogen (secondary N) is 1. The summed E-state index contributed by atoms with van der Waals surface area (Å²) >= 11 is 0. The minimum absolute atomic E-state index is 0.0153. The Bertz CT molecular complexity index is 955. The topological polar surface area (TPSA) is 105 Å². The highest BCUT2D eigenvalue weighted by molar-refractivity contribution is 7.92. The quantitative estimate of drug-likeness (QED) is 0.657. The van der Waals surface area contributed by atoms with Crippen LogP contribution >= 0.6 is 0 Å². The highest BCUT2D eigenvalue weighted by atomic mass is 32.2. The third kappa shape index (κ3) is 4.48. The van der Waals surface area contributed by atoms with Crippen LogP contribution in [0.25, 0.3) is 0 Å². The fraction of sp³-hybridized carbons (Fsp3) is 0.316. The number of carboxylic acid groups (broad SMARTS) is 1. The van der Waals surface area contributed by atoms with E-state index in [0.717, 1.165) is 0 Å². The van der Waals surface area contributed by atoms with Crippen LogP contribution in [0, 0.1) is 0 Å². The zero-order valence-corrected chi connectivity index (χ0v) is 17.0. The van der Waals surface area contributed by atoms with E-state index in [4.69, 9.17) is 9.47 Å². The molecule has 0 aromatic heterocycles. The molecule has 0 aliphatic rings. The molecule has 0 fully saturated rings. The smallest absolute Gasteiger partial charge is 0.337 e. The fourth-order valence-electron chi connectivity index (χ4n) is 2.82. The molecule has 0 spiro atoms. The maximum Gasteiger partial charge on any atom is 0.337 e. The van der Waals surface area contributed by atoms with Gasteiger partial charge in [0, 0.05) is 24.8 Å². The zero-order valence-electron chi connectivity index (χ0n) is 16.2. The van der Waals surface area contributed by atoms with Crippen molar-refractivity contribution >= 4 is 27.4 Å². The number of hydrogen-bond acceptors (Lipinski definition) is 6. The Balaban J connectivity index is 2.47. The first-order valence-electron chi connectivity index (χ1n) is 8.64. The molecule has 28 heavy (non-hydrogen) atoms. The van der Waals surface area contributed by atoms with Crippen molar-refractivity contribution in [1.29, 1.82) is 0 Å². The number of anilines is 2. The molecule has 0 saturated heterocycles. The zero-order chi connectivity index (χ0) is 20.9. The van der Waals surface area contributed by atoms with E-state index in [2.05, 4.69) is 4.72 Å². The van der Waals surface area contributed by atoms with Crippen LogP contribution in [0.2, 0.25) is 0 Å². The van der Waals surface area contributed by atoms with Gasteiger partial charge in [-0.3, -0.25) is 4.72 Å². The second-order valence-corrected chi connectivity index (χ2v) is 7.48. The number of rotatable bonds is 9. The number of aromatic carboxylic acids is 1. The number of nitrogens with zero attached hydrogens (tertiary/aromatic N) is 1. The number of carbonyl (C=O) groups is 1. The van der Waals surface area contributed by atoms with Gasteiger partial charge >= 0.3 is 5.97 Å². The van der Waals surface area contributed by atoms with Gasteiger partial charge in [0.1, 0.15) is 16.4 Å². The third-order valence-electron chi connectivity index (χ3n) is 4.24. The second-order valence-electron chi connectivity index (χ2n) is 5.83. The molecular formula is C19H24N2O6S. The molecule has 152 valence electrons. The first kappa shape index (κ1) is 21.4. The molecule has 0 radical (unpaired) electrons. The number of benzene rings is 2. The van der Waals surface area contributed by atoms with E-state index in [1.807, 2.05) is 18.7 Å². The van der Waals surface area contributed by atoms with E-state index < -0.39 is 16.0 Å². The number of ether oxygens (including phenoxy) is 2. The first-order chi connectivity index (χ1) is 13.3. The van der Waals surface area contributed by atoms with Gasteiger partial charge < -0.3 is 19.5 Å². The van der Waals surface area contributed by atoms with Crippen molar-refractivity contribution in [3.8, 4) is 11.5 Å². The van der Waals surface area contributed by atoms with E-state index in [1.165, 1.54) is 38.5 Å². The van der Waals surface area contributed by atoms with Gasteiger partial charge in [0.2, 0.25) is 0 Å². The summed E-state index contributed by atoms with van der Waals surface area (Å²) in [4.78, 5) is 13.5. The van der Waals surface area contributed by atoms with E-state index in [-0.39, 0.29) is 21.9 Å². The summed E-state index contributed by atoms with van der Waals surface area (Å²) in [5, 5.41) is 9.56. The minimum Gasteiger partial charge on any atom is -0.497 e. The van der Waals surface area contributed by atoms with Gasteiger partial charge in [0.25, 0.3) is 10.0 Å². The predicted molar refractivity (Wildman–Crippen MR) is 107 cm³/mol. The molecule has 0 heterocycles. The van der Waals surface area contributed by atoms with E-state index in [1.54, 1.807) is 12.1 Å². The maximum atomic E-state index is 12.9. The molecule has 2 rings (SSSR count). The Morgan fingerprint density at radius 1 is 1.07 bits per heavy atom. The Morgan fingerprint density at radius 3 is 2.29 bits per heavy atom. The van der Waals surface area contributed by atoms with Crippen molar-refractivity contribution in [3.05, 3.63) is 42.0 Å². The highest BCUT2D eigenvalue weighted by Gasteiger charge is 2.22. The average Bonchev–Trinajstić information content (AvgIpc) is 2.68. The van der Waals surface area contributed by atoms with Crippen molar-refractivity contribution in [2.45, 2.75) is 18.7 Å². The lowest BCUT2D eigenvalue weighted by atomic mass is 10.1. The summed E-state index contributed by atoms with van der Waals surface area (Å²) in [5.41, 5.74) is 0.680. The summed E-state index contributed by atoms with van der Waals surface area (Å²) in [7, 11) is -1.25. The summed E-state index contributed by atoms with van der Waals surface area (Å²) < 4.78 is 38.3. The molecule has 0 aliphatic heterocycles. The van der Waals surface area contributed by atoms with E-state index in [9.17, 15) is 18.3 Å². The third-order valence-corrected chi connectivity index (χ3v) is 5.65. The van der Waals surface area contributed by atoms with Gasteiger partial charge in [-0.2, -0.15) is 0 Å². The standard InChI is InChI=1S/C19H24N2O6S/c1-5-21(6-2)16-9-7-13(11-15(16)19(22)23)20-28(24,25)18-12-14(26-3)8-10-17(18)27-4/h7-12,20H,5-6H2,1-4H3,(H,22,23). The fourth-order valence-corrected chi connectivity index (χ4v) is 4.05. The van der Waals surface area contributed by atoms with Crippen LogP contribution in [-0.4, -0.2) is 46.8 Å². The lowest BCUT2D eigenvalue weighted by molar-refractivity contribution is 0.0697. The molecule has 0 unspecified atom stereocenters. The maximum absolute atomic E-state index is 12.9. The number of sulfonamides is 1. The predicted octanol–water partition coefficient (Wildman–Crippen LogP) is 3.05.